The smallest absolute Gasteiger partial charge is 0.131 e. The van der Waals surface area contributed by atoms with Gasteiger partial charge in [-0.25, -0.2) is 4.98 Å². The van der Waals surface area contributed by atoms with Crippen LogP contribution in [0.3, 0.4) is 0 Å². The zero-order valence-corrected chi connectivity index (χ0v) is 12.8. The summed E-state index contributed by atoms with van der Waals surface area (Å²) in [4.78, 5) is 5.78. The summed E-state index contributed by atoms with van der Waals surface area (Å²) < 4.78 is 2.07. The second-order valence-corrected chi connectivity index (χ2v) is 5.92. The van der Waals surface area contributed by atoms with E-state index >= 15 is 0 Å². The number of hydrogen-bond donors (Lipinski definition) is 2. The minimum atomic E-state index is 0.174. The van der Waals surface area contributed by atoms with Crippen molar-refractivity contribution in [3.63, 3.8) is 0 Å². The molecule has 0 spiro atoms. The third kappa shape index (κ3) is 4.16. The maximum absolute atomic E-state index is 8.77. The standard InChI is InChI=1S/C15H23N3OS/c1-18-10-9-17-15(18)14(13-7-6-12-20-13)16-8-4-2-3-5-11-19/h6-7,9-10,12,14,16,19H,2-5,8,11H2,1H3. The Morgan fingerprint density at radius 1 is 1.35 bits per heavy atom. The Hall–Kier alpha value is -1.17. The molecule has 1 atom stereocenters. The predicted molar refractivity (Wildman–Crippen MR) is 82.9 cm³/mol. The minimum Gasteiger partial charge on any atom is -0.396 e. The summed E-state index contributed by atoms with van der Waals surface area (Å²) in [6.07, 6.45) is 8.13. The van der Waals surface area contributed by atoms with E-state index in [1.165, 1.54) is 4.88 Å². The number of hydrogen-bond acceptors (Lipinski definition) is 4. The van der Waals surface area contributed by atoms with Crippen molar-refractivity contribution >= 4 is 11.3 Å². The van der Waals surface area contributed by atoms with Gasteiger partial charge in [0.15, 0.2) is 0 Å². The van der Waals surface area contributed by atoms with Crippen molar-refractivity contribution in [1.29, 1.82) is 0 Å². The molecule has 0 aliphatic carbocycles. The molecule has 0 amide bonds. The molecule has 2 aromatic heterocycles. The highest BCUT2D eigenvalue weighted by Crippen LogP contribution is 2.24. The average molecular weight is 293 g/mol. The summed E-state index contributed by atoms with van der Waals surface area (Å²) in [5, 5.41) is 14.5. The van der Waals surface area contributed by atoms with E-state index < -0.39 is 0 Å². The number of nitrogens with one attached hydrogen (secondary N) is 1. The first kappa shape index (κ1) is 15.2. The first-order valence-electron chi connectivity index (χ1n) is 7.18. The molecule has 0 saturated heterocycles. The van der Waals surface area contributed by atoms with Gasteiger partial charge in [0.05, 0.1) is 0 Å². The lowest BCUT2D eigenvalue weighted by Gasteiger charge is -2.17. The van der Waals surface area contributed by atoms with Crippen LogP contribution in [-0.2, 0) is 7.05 Å². The number of nitrogens with zero attached hydrogens (tertiary/aromatic N) is 2. The number of rotatable bonds is 9. The van der Waals surface area contributed by atoms with Gasteiger partial charge in [-0.1, -0.05) is 18.9 Å². The van der Waals surface area contributed by atoms with Gasteiger partial charge in [0, 0.05) is 30.9 Å². The maximum atomic E-state index is 8.77. The molecule has 0 fully saturated rings. The summed E-state index contributed by atoms with van der Waals surface area (Å²) in [5.41, 5.74) is 0. The number of imidazole rings is 1. The molecule has 20 heavy (non-hydrogen) atoms. The molecule has 2 N–H and O–H groups in total. The average Bonchev–Trinajstić information content (AvgIpc) is 3.10. The van der Waals surface area contributed by atoms with E-state index in [4.69, 9.17) is 5.11 Å². The fourth-order valence-corrected chi connectivity index (χ4v) is 3.06. The molecule has 0 aromatic carbocycles. The lowest BCUT2D eigenvalue weighted by Crippen LogP contribution is -2.25. The molecular weight excluding hydrogens is 270 g/mol. The fraction of sp³-hybridized carbons (Fsp3) is 0.533. The van der Waals surface area contributed by atoms with Gasteiger partial charge in [-0.05, 0) is 30.8 Å². The molecule has 5 heteroatoms. The fourth-order valence-electron chi connectivity index (χ4n) is 2.27. The summed E-state index contributed by atoms with van der Waals surface area (Å²) in [7, 11) is 2.03. The number of aliphatic hydroxyl groups is 1. The number of aryl methyl sites for hydroxylation is 1. The third-order valence-corrected chi connectivity index (χ3v) is 4.31. The quantitative estimate of drug-likeness (QED) is 0.699. The number of thiophene rings is 1. The second-order valence-electron chi connectivity index (χ2n) is 4.94. The van der Waals surface area contributed by atoms with Crippen molar-refractivity contribution in [3.05, 3.63) is 40.6 Å². The van der Waals surface area contributed by atoms with Crippen LogP contribution in [0.25, 0.3) is 0 Å². The Labute approximate surface area is 124 Å². The highest BCUT2D eigenvalue weighted by Gasteiger charge is 2.18. The van der Waals surface area contributed by atoms with Gasteiger partial charge in [-0.15, -0.1) is 11.3 Å². The highest BCUT2D eigenvalue weighted by molar-refractivity contribution is 7.10. The van der Waals surface area contributed by atoms with Gasteiger partial charge in [-0.3, -0.25) is 0 Å². The van der Waals surface area contributed by atoms with E-state index in [-0.39, 0.29) is 6.04 Å². The predicted octanol–water partition coefficient (Wildman–Crippen LogP) is 2.71. The molecule has 2 rings (SSSR count). The molecule has 0 aliphatic rings. The third-order valence-electron chi connectivity index (χ3n) is 3.38. The maximum Gasteiger partial charge on any atom is 0.131 e. The van der Waals surface area contributed by atoms with Crippen molar-refractivity contribution in [3.8, 4) is 0 Å². The molecule has 2 aromatic rings. The Morgan fingerprint density at radius 2 is 2.20 bits per heavy atom. The largest absolute Gasteiger partial charge is 0.396 e. The topological polar surface area (TPSA) is 50.1 Å². The molecule has 1 unspecified atom stereocenters. The van der Waals surface area contributed by atoms with Crippen LogP contribution >= 0.6 is 11.3 Å². The molecule has 0 bridgehead atoms. The van der Waals surface area contributed by atoms with E-state index in [2.05, 4.69) is 32.4 Å². The second kappa shape index (κ2) is 8.19. The van der Waals surface area contributed by atoms with E-state index in [0.717, 1.165) is 38.1 Å². The van der Waals surface area contributed by atoms with E-state index in [1.807, 2.05) is 19.4 Å². The van der Waals surface area contributed by atoms with Crippen LogP contribution < -0.4 is 5.32 Å². The summed E-state index contributed by atoms with van der Waals surface area (Å²) in [5.74, 6) is 1.06. The first-order valence-corrected chi connectivity index (χ1v) is 8.05. The van der Waals surface area contributed by atoms with Crippen molar-refractivity contribution < 1.29 is 5.11 Å². The molecule has 110 valence electrons. The van der Waals surface area contributed by atoms with Crippen LogP contribution in [-0.4, -0.2) is 27.8 Å². The summed E-state index contributed by atoms with van der Waals surface area (Å²) in [6.45, 7) is 1.28. The van der Waals surface area contributed by atoms with Crippen LogP contribution in [0, 0.1) is 0 Å². The number of aromatic nitrogens is 2. The van der Waals surface area contributed by atoms with E-state index in [0.29, 0.717) is 6.61 Å². The van der Waals surface area contributed by atoms with Gasteiger partial charge in [0.2, 0.25) is 0 Å². The van der Waals surface area contributed by atoms with Gasteiger partial charge >= 0.3 is 0 Å². The molecule has 2 heterocycles. The molecule has 0 aliphatic heterocycles. The van der Waals surface area contributed by atoms with E-state index in [1.54, 1.807) is 11.3 Å². The lowest BCUT2D eigenvalue weighted by molar-refractivity contribution is 0.282. The van der Waals surface area contributed by atoms with Crippen LogP contribution in [0.15, 0.2) is 29.9 Å². The van der Waals surface area contributed by atoms with Gasteiger partial charge < -0.3 is 15.0 Å². The van der Waals surface area contributed by atoms with Gasteiger partial charge in [-0.2, -0.15) is 0 Å². The zero-order chi connectivity index (χ0) is 14.2. The van der Waals surface area contributed by atoms with Crippen LogP contribution in [0.2, 0.25) is 0 Å². The first-order chi connectivity index (χ1) is 9.83. The Kier molecular flexibility index (Phi) is 6.24. The van der Waals surface area contributed by atoms with Crippen LogP contribution in [0.4, 0.5) is 0 Å². The van der Waals surface area contributed by atoms with Crippen molar-refractivity contribution in [2.24, 2.45) is 7.05 Å². The molecule has 4 nitrogen and oxygen atoms in total. The lowest BCUT2D eigenvalue weighted by atomic mass is 10.1. The van der Waals surface area contributed by atoms with Gasteiger partial charge in [0.25, 0.3) is 0 Å². The molecule has 0 saturated carbocycles. The minimum absolute atomic E-state index is 0.174. The van der Waals surface area contributed by atoms with Crippen molar-refractivity contribution in [2.75, 3.05) is 13.2 Å². The van der Waals surface area contributed by atoms with Crippen LogP contribution in [0.1, 0.15) is 42.4 Å². The molecule has 0 radical (unpaired) electrons. The van der Waals surface area contributed by atoms with Gasteiger partial charge in [0.1, 0.15) is 11.9 Å². The highest BCUT2D eigenvalue weighted by atomic mass is 32.1. The Balaban J connectivity index is 1.90. The monoisotopic (exact) mass is 293 g/mol. The number of aliphatic hydroxyl groups excluding tert-OH is 1. The summed E-state index contributed by atoms with van der Waals surface area (Å²) in [6, 6.07) is 4.41. The normalized spacial score (nSPS) is 12.7. The number of unbranched alkanes of at least 4 members (excludes halogenated alkanes) is 3. The van der Waals surface area contributed by atoms with Crippen LogP contribution in [0.5, 0.6) is 0 Å². The SMILES string of the molecule is Cn1ccnc1C(NCCCCCCO)c1cccs1. The van der Waals surface area contributed by atoms with Crippen molar-refractivity contribution in [1.82, 2.24) is 14.9 Å². The Morgan fingerprint density at radius 3 is 2.85 bits per heavy atom. The van der Waals surface area contributed by atoms with Crippen molar-refractivity contribution in [2.45, 2.75) is 31.7 Å². The zero-order valence-electron chi connectivity index (χ0n) is 12.0. The Bertz CT molecular complexity index is 481. The summed E-state index contributed by atoms with van der Waals surface area (Å²) >= 11 is 1.76. The molecular formula is C15H23N3OS. The van der Waals surface area contributed by atoms with E-state index in [9.17, 15) is 0 Å².